The Kier molecular flexibility index (Phi) is 2.73. The first-order chi connectivity index (χ1) is 8.68. The highest BCUT2D eigenvalue weighted by Gasteiger charge is 2.28. The third-order valence-corrected chi connectivity index (χ3v) is 4.40. The van der Waals surface area contributed by atoms with E-state index >= 15 is 0 Å². The lowest BCUT2D eigenvalue weighted by molar-refractivity contribution is 0.546. The topological polar surface area (TPSA) is 16.1 Å². The SMILES string of the molecule is Cc1cccc2c(N3CCC(C)C3C)ccnc12. The summed E-state index contributed by atoms with van der Waals surface area (Å²) in [5, 5.41) is 1.29. The zero-order valence-corrected chi connectivity index (χ0v) is 11.4. The minimum absolute atomic E-state index is 0.621. The van der Waals surface area contributed by atoms with Crippen LogP contribution in [-0.2, 0) is 0 Å². The van der Waals surface area contributed by atoms with Crippen molar-refractivity contribution >= 4 is 16.6 Å². The molecule has 1 saturated heterocycles. The Morgan fingerprint density at radius 2 is 2.06 bits per heavy atom. The second-order valence-electron chi connectivity index (χ2n) is 5.50. The van der Waals surface area contributed by atoms with Gasteiger partial charge in [-0.3, -0.25) is 4.98 Å². The van der Waals surface area contributed by atoms with Crippen LogP contribution in [0.2, 0.25) is 0 Å². The van der Waals surface area contributed by atoms with Crippen LogP contribution in [-0.4, -0.2) is 17.6 Å². The molecular weight excluding hydrogens is 220 g/mol. The lowest BCUT2D eigenvalue weighted by Crippen LogP contribution is -2.29. The van der Waals surface area contributed by atoms with Crippen molar-refractivity contribution in [3.05, 3.63) is 36.0 Å². The fourth-order valence-corrected chi connectivity index (χ4v) is 2.99. The molecule has 1 aliphatic heterocycles. The van der Waals surface area contributed by atoms with Gasteiger partial charge in [-0.1, -0.05) is 25.1 Å². The molecule has 2 unspecified atom stereocenters. The Morgan fingerprint density at radius 3 is 2.78 bits per heavy atom. The molecule has 1 aliphatic rings. The van der Waals surface area contributed by atoms with Gasteiger partial charge >= 0.3 is 0 Å². The fraction of sp³-hybridized carbons (Fsp3) is 0.438. The van der Waals surface area contributed by atoms with E-state index in [4.69, 9.17) is 0 Å². The van der Waals surface area contributed by atoms with E-state index in [9.17, 15) is 0 Å². The van der Waals surface area contributed by atoms with E-state index in [0.717, 1.165) is 18.0 Å². The summed E-state index contributed by atoms with van der Waals surface area (Å²) < 4.78 is 0. The van der Waals surface area contributed by atoms with Gasteiger partial charge in [0.05, 0.1) is 5.52 Å². The van der Waals surface area contributed by atoms with Crippen LogP contribution in [0, 0.1) is 12.8 Å². The third-order valence-electron chi connectivity index (χ3n) is 4.40. The van der Waals surface area contributed by atoms with Crippen molar-refractivity contribution in [3.8, 4) is 0 Å². The second-order valence-corrected chi connectivity index (χ2v) is 5.50. The van der Waals surface area contributed by atoms with Crippen molar-refractivity contribution in [1.82, 2.24) is 4.98 Å². The zero-order valence-electron chi connectivity index (χ0n) is 11.4. The summed E-state index contributed by atoms with van der Waals surface area (Å²) in [5.41, 5.74) is 3.75. The van der Waals surface area contributed by atoms with Crippen LogP contribution >= 0.6 is 0 Å². The average molecular weight is 240 g/mol. The van der Waals surface area contributed by atoms with Gasteiger partial charge < -0.3 is 4.90 Å². The fourth-order valence-electron chi connectivity index (χ4n) is 2.99. The summed E-state index contributed by atoms with van der Waals surface area (Å²) in [5.74, 6) is 0.776. The van der Waals surface area contributed by atoms with E-state index in [2.05, 4.69) is 54.9 Å². The number of rotatable bonds is 1. The minimum Gasteiger partial charge on any atom is -0.368 e. The Hall–Kier alpha value is -1.57. The van der Waals surface area contributed by atoms with Crippen molar-refractivity contribution in [2.24, 2.45) is 5.92 Å². The number of nitrogens with zero attached hydrogens (tertiary/aromatic N) is 2. The highest BCUT2D eigenvalue weighted by molar-refractivity contribution is 5.93. The van der Waals surface area contributed by atoms with E-state index in [1.165, 1.54) is 23.1 Å². The maximum absolute atomic E-state index is 4.53. The van der Waals surface area contributed by atoms with Crippen molar-refractivity contribution in [3.63, 3.8) is 0 Å². The molecular formula is C16H20N2. The highest BCUT2D eigenvalue weighted by atomic mass is 15.2. The van der Waals surface area contributed by atoms with Crippen LogP contribution in [0.25, 0.3) is 10.9 Å². The van der Waals surface area contributed by atoms with Gasteiger partial charge in [-0.25, -0.2) is 0 Å². The molecule has 2 heteroatoms. The number of aromatic nitrogens is 1. The number of fused-ring (bicyclic) bond motifs is 1. The minimum atomic E-state index is 0.621. The smallest absolute Gasteiger partial charge is 0.0751 e. The number of aryl methyl sites for hydroxylation is 1. The summed E-state index contributed by atoms with van der Waals surface area (Å²) in [7, 11) is 0. The van der Waals surface area contributed by atoms with E-state index in [1.807, 2.05) is 6.20 Å². The number of hydrogen-bond donors (Lipinski definition) is 0. The molecule has 1 fully saturated rings. The molecule has 2 atom stereocenters. The first-order valence-electron chi connectivity index (χ1n) is 6.79. The Balaban J connectivity index is 2.15. The molecule has 0 N–H and O–H groups in total. The van der Waals surface area contributed by atoms with E-state index < -0.39 is 0 Å². The van der Waals surface area contributed by atoms with E-state index in [-0.39, 0.29) is 0 Å². The van der Waals surface area contributed by atoms with E-state index in [1.54, 1.807) is 0 Å². The Bertz CT molecular complexity index is 576. The molecule has 1 aromatic heterocycles. The quantitative estimate of drug-likeness (QED) is 0.754. The summed E-state index contributed by atoms with van der Waals surface area (Å²) >= 11 is 0. The molecule has 0 aliphatic carbocycles. The van der Waals surface area contributed by atoms with Gasteiger partial charge in [0, 0.05) is 29.9 Å². The molecule has 0 radical (unpaired) electrons. The summed E-state index contributed by atoms with van der Waals surface area (Å²) in [6, 6.07) is 9.25. The molecule has 0 spiro atoms. The predicted molar refractivity (Wildman–Crippen MR) is 77.1 cm³/mol. The predicted octanol–water partition coefficient (Wildman–Crippen LogP) is 3.78. The van der Waals surface area contributed by atoms with Crippen molar-refractivity contribution in [2.75, 3.05) is 11.4 Å². The number of para-hydroxylation sites is 1. The molecule has 2 heterocycles. The van der Waals surface area contributed by atoms with Gasteiger partial charge in [-0.2, -0.15) is 0 Å². The first-order valence-corrected chi connectivity index (χ1v) is 6.79. The van der Waals surface area contributed by atoms with Crippen molar-refractivity contribution < 1.29 is 0 Å². The monoisotopic (exact) mass is 240 g/mol. The van der Waals surface area contributed by atoms with Gasteiger partial charge in [0.2, 0.25) is 0 Å². The van der Waals surface area contributed by atoms with Gasteiger partial charge in [0.1, 0.15) is 0 Å². The number of hydrogen-bond acceptors (Lipinski definition) is 2. The lowest BCUT2D eigenvalue weighted by atomic mass is 10.0. The molecule has 3 rings (SSSR count). The van der Waals surface area contributed by atoms with Crippen molar-refractivity contribution in [2.45, 2.75) is 33.2 Å². The van der Waals surface area contributed by atoms with Crippen LogP contribution in [0.15, 0.2) is 30.5 Å². The first kappa shape index (κ1) is 11.5. The molecule has 0 bridgehead atoms. The Morgan fingerprint density at radius 1 is 1.22 bits per heavy atom. The van der Waals surface area contributed by atoms with Crippen LogP contribution in [0.4, 0.5) is 5.69 Å². The number of benzene rings is 1. The summed E-state index contributed by atoms with van der Waals surface area (Å²) in [6.45, 7) is 7.98. The zero-order chi connectivity index (χ0) is 12.7. The van der Waals surface area contributed by atoms with Crippen LogP contribution < -0.4 is 4.90 Å². The third kappa shape index (κ3) is 1.67. The van der Waals surface area contributed by atoms with Crippen LogP contribution in [0.1, 0.15) is 25.8 Å². The Labute approximate surface area is 109 Å². The number of anilines is 1. The van der Waals surface area contributed by atoms with Crippen LogP contribution in [0.3, 0.4) is 0 Å². The van der Waals surface area contributed by atoms with Gasteiger partial charge in [-0.05, 0) is 37.8 Å². The maximum atomic E-state index is 4.53. The number of pyridine rings is 1. The second kappa shape index (κ2) is 4.27. The van der Waals surface area contributed by atoms with Gasteiger partial charge in [-0.15, -0.1) is 0 Å². The van der Waals surface area contributed by atoms with Crippen LogP contribution in [0.5, 0.6) is 0 Å². The van der Waals surface area contributed by atoms with Crippen molar-refractivity contribution in [1.29, 1.82) is 0 Å². The standard InChI is InChI=1S/C16H20N2/c1-11-8-10-18(13(11)3)15-7-9-17-16-12(2)5-4-6-14(15)16/h4-7,9,11,13H,8,10H2,1-3H3. The van der Waals surface area contributed by atoms with E-state index in [0.29, 0.717) is 6.04 Å². The summed E-state index contributed by atoms with van der Waals surface area (Å²) in [6.07, 6.45) is 3.23. The molecule has 2 nitrogen and oxygen atoms in total. The largest absolute Gasteiger partial charge is 0.368 e. The molecule has 94 valence electrons. The normalized spacial score (nSPS) is 23.8. The molecule has 0 amide bonds. The summed E-state index contributed by atoms with van der Waals surface area (Å²) in [4.78, 5) is 7.07. The lowest BCUT2D eigenvalue weighted by Gasteiger charge is -2.27. The van der Waals surface area contributed by atoms with Gasteiger partial charge in [0.15, 0.2) is 0 Å². The molecule has 0 saturated carbocycles. The van der Waals surface area contributed by atoms with Gasteiger partial charge in [0.25, 0.3) is 0 Å². The molecule has 2 aromatic rings. The molecule has 1 aromatic carbocycles. The average Bonchev–Trinajstić information content (AvgIpc) is 2.70. The highest BCUT2D eigenvalue weighted by Crippen LogP contribution is 2.34. The maximum Gasteiger partial charge on any atom is 0.0751 e. The molecule has 18 heavy (non-hydrogen) atoms.